The van der Waals surface area contributed by atoms with Crippen LogP contribution in [0, 0.1) is 0 Å². The summed E-state index contributed by atoms with van der Waals surface area (Å²) in [6.07, 6.45) is 0.0840. The van der Waals surface area contributed by atoms with Crippen molar-refractivity contribution in [2.45, 2.75) is 51.1 Å². The second kappa shape index (κ2) is 7.80. The molecule has 1 amide bonds. The largest absolute Gasteiger partial charge is 0.372 e. The normalized spacial score (nSPS) is 20.7. The number of hydrogen-bond donors (Lipinski definition) is 0. The number of fused-ring (bicyclic) bond motifs is 1. The summed E-state index contributed by atoms with van der Waals surface area (Å²) >= 11 is 1.33. The van der Waals surface area contributed by atoms with E-state index in [-0.39, 0.29) is 35.5 Å². The zero-order chi connectivity index (χ0) is 18.8. The predicted octanol–water partition coefficient (Wildman–Crippen LogP) is 2.71. The van der Waals surface area contributed by atoms with E-state index in [1.165, 1.54) is 11.8 Å². The van der Waals surface area contributed by atoms with Gasteiger partial charge < -0.3 is 9.64 Å². The maximum Gasteiger partial charge on any atom is 0.262 e. The number of aromatic nitrogens is 2. The average molecular weight is 375 g/mol. The van der Waals surface area contributed by atoms with Crippen LogP contribution in [0.5, 0.6) is 0 Å². The molecule has 1 saturated heterocycles. The molecule has 1 aliphatic heterocycles. The van der Waals surface area contributed by atoms with E-state index in [9.17, 15) is 9.59 Å². The van der Waals surface area contributed by atoms with Crippen molar-refractivity contribution in [3.63, 3.8) is 0 Å². The molecule has 1 aromatic carbocycles. The van der Waals surface area contributed by atoms with Gasteiger partial charge in [-0.05, 0) is 39.8 Å². The molecule has 1 aromatic heterocycles. The van der Waals surface area contributed by atoms with Gasteiger partial charge in [0.15, 0.2) is 5.16 Å². The van der Waals surface area contributed by atoms with E-state index in [1.54, 1.807) is 10.6 Å². The molecule has 0 N–H and O–H groups in total. The van der Waals surface area contributed by atoms with E-state index in [0.29, 0.717) is 29.1 Å². The van der Waals surface area contributed by atoms with Gasteiger partial charge >= 0.3 is 0 Å². The maximum absolute atomic E-state index is 12.8. The van der Waals surface area contributed by atoms with Gasteiger partial charge in [0.2, 0.25) is 5.91 Å². The fraction of sp³-hybridized carbons (Fsp3) is 0.526. The molecular weight excluding hydrogens is 350 g/mol. The van der Waals surface area contributed by atoms with Gasteiger partial charge in [-0.15, -0.1) is 0 Å². The van der Waals surface area contributed by atoms with Gasteiger partial charge in [0.25, 0.3) is 5.56 Å². The monoisotopic (exact) mass is 375 g/mol. The summed E-state index contributed by atoms with van der Waals surface area (Å²) in [6.45, 7) is 9.07. The van der Waals surface area contributed by atoms with Gasteiger partial charge in [-0.2, -0.15) is 0 Å². The molecule has 2 atom stereocenters. The van der Waals surface area contributed by atoms with E-state index in [2.05, 4.69) is 4.98 Å². The molecule has 0 radical (unpaired) electrons. The highest BCUT2D eigenvalue weighted by Crippen LogP contribution is 2.22. The lowest BCUT2D eigenvalue weighted by Crippen LogP contribution is -2.48. The van der Waals surface area contributed by atoms with Crippen LogP contribution in [-0.2, 0) is 9.53 Å². The first kappa shape index (κ1) is 18.9. The minimum Gasteiger partial charge on any atom is -0.372 e. The van der Waals surface area contributed by atoms with E-state index < -0.39 is 0 Å². The number of carbonyl (C=O) groups is 1. The Morgan fingerprint density at radius 1 is 1.27 bits per heavy atom. The third-order valence-electron chi connectivity index (χ3n) is 4.39. The van der Waals surface area contributed by atoms with Crippen LogP contribution >= 0.6 is 11.8 Å². The summed E-state index contributed by atoms with van der Waals surface area (Å²) in [6, 6.07) is 7.30. The lowest BCUT2D eigenvalue weighted by molar-refractivity contribution is -0.140. The Balaban J connectivity index is 1.83. The van der Waals surface area contributed by atoms with Crippen LogP contribution in [0.1, 0.15) is 33.7 Å². The Bertz CT molecular complexity index is 855. The van der Waals surface area contributed by atoms with Crippen molar-refractivity contribution in [3.8, 4) is 0 Å². The first-order valence-electron chi connectivity index (χ1n) is 8.94. The number of hydrogen-bond acceptors (Lipinski definition) is 5. The summed E-state index contributed by atoms with van der Waals surface area (Å²) in [5.74, 6) is 0.312. The van der Waals surface area contributed by atoms with Crippen LogP contribution in [0.25, 0.3) is 10.9 Å². The number of morpholine rings is 1. The molecule has 0 saturated carbocycles. The van der Waals surface area contributed by atoms with Gasteiger partial charge in [-0.25, -0.2) is 4.98 Å². The fourth-order valence-corrected chi connectivity index (χ4v) is 4.31. The van der Waals surface area contributed by atoms with Crippen LogP contribution in [0.4, 0.5) is 0 Å². The van der Waals surface area contributed by atoms with E-state index in [4.69, 9.17) is 4.74 Å². The van der Waals surface area contributed by atoms with Crippen LogP contribution in [0.15, 0.2) is 34.2 Å². The summed E-state index contributed by atoms with van der Waals surface area (Å²) in [5.41, 5.74) is 0.604. The summed E-state index contributed by atoms with van der Waals surface area (Å²) in [5, 5.41) is 1.19. The number of benzene rings is 1. The molecule has 2 heterocycles. The number of rotatable bonds is 4. The highest BCUT2D eigenvalue weighted by atomic mass is 32.2. The standard InChI is InChI=1S/C19H25N3O3S/c1-12(2)22-18(24)15-7-5-6-8-16(15)20-19(22)26-11-17(23)21-9-13(3)25-14(4)10-21/h5-8,12-14H,9-11H2,1-4H3. The molecule has 0 spiro atoms. The van der Waals surface area contributed by atoms with Gasteiger partial charge in [-0.3, -0.25) is 14.2 Å². The lowest BCUT2D eigenvalue weighted by Gasteiger charge is -2.35. The Kier molecular flexibility index (Phi) is 5.67. The Morgan fingerprint density at radius 2 is 1.92 bits per heavy atom. The summed E-state index contributed by atoms with van der Waals surface area (Å²) in [4.78, 5) is 31.9. The molecule has 2 aromatic rings. The number of thioether (sulfide) groups is 1. The smallest absolute Gasteiger partial charge is 0.262 e. The van der Waals surface area contributed by atoms with Crippen LogP contribution in [0.2, 0.25) is 0 Å². The van der Waals surface area contributed by atoms with Crippen LogP contribution in [0.3, 0.4) is 0 Å². The van der Waals surface area contributed by atoms with Gasteiger partial charge in [-0.1, -0.05) is 23.9 Å². The molecule has 140 valence electrons. The molecule has 1 aliphatic rings. The first-order valence-corrected chi connectivity index (χ1v) is 9.92. The molecule has 0 bridgehead atoms. The predicted molar refractivity (Wildman–Crippen MR) is 104 cm³/mol. The third kappa shape index (κ3) is 3.94. The quantitative estimate of drug-likeness (QED) is 0.607. The minimum absolute atomic E-state index is 0.0272. The van der Waals surface area contributed by atoms with Crippen LogP contribution < -0.4 is 5.56 Å². The zero-order valence-corrected chi connectivity index (χ0v) is 16.5. The van der Waals surface area contributed by atoms with E-state index in [1.807, 2.05) is 50.8 Å². The second-order valence-electron chi connectivity index (χ2n) is 7.03. The SMILES string of the molecule is CC1CN(C(=O)CSc2nc3ccccc3c(=O)n2C(C)C)CC(C)O1. The van der Waals surface area contributed by atoms with Crippen molar-refractivity contribution in [1.82, 2.24) is 14.5 Å². The molecule has 7 heteroatoms. The van der Waals surface area contributed by atoms with Crippen molar-refractivity contribution in [1.29, 1.82) is 0 Å². The van der Waals surface area contributed by atoms with Crippen LogP contribution in [-0.4, -0.2) is 51.4 Å². The number of para-hydroxylation sites is 1. The summed E-state index contributed by atoms with van der Waals surface area (Å²) < 4.78 is 7.36. The van der Waals surface area contributed by atoms with Gasteiger partial charge in [0.1, 0.15) is 0 Å². The minimum atomic E-state index is -0.0610. The maximum atomic E-state index is 12.8. The number of ether oxygens (including phenoxy) is 1. The highest BCUT2D eigenvalue weighted by Gasteiger charge is 2.26. The lowest BCUT2D eigenvalue weighted by atomic mass is 10.2. The molecule has 1 fully saturated rings. The van der Waals surface area contributed by atoms with E-state index >= 15 is 0 Å². The van der Waals surface area contributed by atoms with Gasteiger partial charge in [0.05, 0.1) is 28.9 Å². The third-order valence-corrected chi connectivity index (χ3v) is 5.33. The Labute approximate surface area is 157 Å². The zero-order valence-electron chi connectivity index (χ0n) is 15.6. The molecular formula is C19H25N3O3S. The van der Waals surface area contributed by atoms with Gasteiger partial charge in [0, 0.05) is 19.1 Å². The molecule has 2 unspecified atom stereocenters. The summed E-state index contributed by atoms with van der Waals surface area (Å²) in [7, 11) is 0. The van der Waals surface area contributed by atoms with Crippen molar-refractivity contribution < 1.29 is 9.53 Å². The fourth-order valence-electron chi connectivity index (χ4n) is 3.28. The molecule has 0 aliphatic carbocycles. The molecule has 3 rings (SSSR count). The molecule has 26 heavy (non-hydrogen) atoms. The van der Waals surface area contributed by atoms with Crippen molar-refractivity contribution >= 4 is 28.6 Å². The average Bonchev–Trinajstić information content (AvgIpc) is 2.58. The molecule has 6 nitrogen and oxygen atoms in total. The van der Waals surface area contributed by atoms with Crippen molar-refractivity contribution in [2.24, 2.45) is 0 Å². The highest BCUT2D eigenvalue weighted by molar-refractivity contribution is 7.99. The first-order chi connectivity index (χ1) is 12.4. The van der Waals surface area contributed by atoms with Crippen molar-refractivity contribution in [2.75, 3.05) is 18.8 Å². The number of amides is 1. The topological polar surface area (TPSA) is 64.4 Å². The van der Waals surface area contributed by atoms with E-state index in [0.717, 1.165) is 0 Å². The second-order valence-corrected chi connectivity index (χ2v) is 7.97. The number of carbonyl (C=O) groups excluding carboxylic acids is 1. The number of nitrogens with zero attached hydrogens (tertiary/aromatic N) is 3. The Hall–Kier alpha value is -1.86. The Morgan fingerprint density at radius 3 is 2.58 bits per heavy atom. The van der Waals surface area contributed by atoms with Crippen molar-refractivity contribution in [3.05, 3.63) is 34.6 Å².